The van der Waals surface area contributed by atoms with Crippen LogP contribution in [0.3, 0.4) is 0 Å². The first-order chi connectivity index (χ1) is 23.0. The summed E-state index contributed by atoms with van der Waals surface area (Å²) in [4.78, 5) is 51.0. The molecule has 0 radical (unpaired) electrons. The summed E-state index contributed by atoms with van der Waals surface area (Å²) in [7, 11) is 2.43. The summed E-state index contributed by atoms with van der Waals surface area (Å²) in [6.45, 7) is 10.8. The van der Waals surface area contributed by atoms with Gasteiger partial charge in [0.25, 0.3) is 0 Å². The lowest BCUT2D eigenvalue weighted by Gasteiger charge is -2.33. The lowest BCUT2D eigenvalue weighted by molar-refractivity contribution is -0.127. The van der Waals surface area contributed by atoms with E-state index < -0.39 is 71.2 Å². The summed E-state index contributed by atoms with van der Waals surface area (Å²) >= 11 is 0. The number of nitrogens with one attached hydrogen (secondary N) is 5. The van der Waals surface area contributed by atoms with E-state index in [9.17, 15) is 29.4 Å². The van der Waals surface area contributed by atoms with Gasteiger partial charge >= 0.3 is 12.2 Å². The Balaban J connectivity index is 2.22. The SMILES string of the molecule is COC(=O)N[C@H](C(=O)N[C@@H](Cc1ccccc1)[C@H](O)CNC[C@@H](O)[C@H](Cc1ccccc1)NC(=O)[C@@H](NC(=O)OC)C(C)(C)C)C(C)(C)C. The Hall–Kier alpha value is -4.20. The van der Waals surface area contributed by atoms with E-state index in [0.717, 1.165) is 11.1 Å². The van der Waals surface area contributed by atoms with Crippen molar-refractivity contribution in [2.45, 2.75) is 90.8 Å². The van der Waals surface area contributed by atoms with Gasteiger partial charge in [-0.3, -0.25) is 9.59 Å². The summed E-state index contributed by atoms with van der Waals surface area (Å²) in [5, 5.41) is 36.7. The van der Waals surface area contributed by atoms with Crippen LogP contribution in [0.2, 0.25) is 0 Å². The summed E-state index contributed by atoms with van der Waals surface area (Å²) < 4.78 is 9.44. The van der Waals surface area contributed by atoms with Crippen LogP contribution in [0, 0.1) is 10.8 Å². The van der Waals surface area contributed by atoms with Gasteiger partial charge in [-0.1, -0.05) is 102 Å². The van der Waals surface area contributed by atoms with Gasteiger partial charge in [0.15, 0.2) is 0 Å². The molecule has 0 spiro atoms. The maximum Gasteiger partial charge on any atom is 0.407 e. The molecule has 0 saturated carbocycles. The smallest absolute Gasteiger partial charge is 0.407 e. The van der Waals surface area contributed by atoms with Crippen LogP contribution >= 0.6 is 0 Å². The maximum absolute atomic E-state index is 13.5. The molecule has 4 amide bonds. The fourth-order valence-electron chi connectivity index (χ4n) is 5.20. The van der Waals surface area contributed by atoms with E-state index in [1.165, 1.54) is 14.2 Å². The molecule has 13 heteroatoms. The first kappa shape index (κ1) is 41.0. The van der Waals surface area contributed by atoms with Crippen molar-refractivity contribution >= 4 is 24.0 Å². The number of methoxy groups -OCH3 is 2. The van der Waals surface area contributed by atoms with Gasteiger partial charge in [-0.25, -0.2) is 9.59 Å². The number of benzene rings is 2. The van der Waals surface area contributed by atoms with Crippen LogP contribution in [-0.4, -0.2) is 97.9 Å². The Kier molecular flexibility index (Phi) is 16.0. The summed E-state index contributed by atoms with van der Waals surface area (Å²) in [6.07, 6.45) is -3.13. The van der Waals surface area contributed by atoms with E-state index >= 15 is 0 Å². The third-order valence-electron chi connectivity index (χ3n) is 8.04. The minimum Gasteiger partial charge on any atom is -0.453 e. The van der Waals surface area contributed by atoms with E-state index in [4.69, 9.17) is 9.47 Å². The van der Waals surface area contributed by atoms with E-state index in [1.54, 1.807) is 41.5 Å². The van der Waals surface area contributed by atoms with Crippen molar-refractivity contribution in [3.05, 3.63) is 71.8 Å². The number of ether oxygens (including phenoxy) is 2. The van der Waals surface area contributed by atoms with E-state index in [2.05, 4.69) is 26.6 Å². The average Bonchev–Trinajstić information content (AvgIpc) is 3.04. The molecule has 0 aromatic heterocycles. The van der Waals surface area contributed by atoms with Crippen molar-refractivity contribution in [1.29, 1.82) is 0 Å². The molecule has 272 valence electrons. The fourth-order valence-corrected chi connectivity index (χ4v) is 5.20. The molecule has 0 heterocycles. The zero-order valence-corrected chi connectivity index (χ0v) is 29.9. The van der Waals surface area contributed by atoms with Gasteiger partial charge in [0.1, 0.15) is 12.1 Å². The molecule has 0 aliphatic heterocycles. The monoisotopic (exact) mass is 685 g/mol. The second-order valence-corrected chi connectivity index (χ2v) is 14.3. The Morgan fingerprint density at radius 3 is 1.20 bits per heavy atom. The molecule has 7 N–H and O–H groups in total. The van der Waals surface area contributed by atoms with Gasteiger partial charge in [0.2, 0.25) is 11.8 Å². The van der Waals surface area contributed by atoms with Crippen LogP contribution in [0.1, 0.15) is 52.7 Å². The van der Waals surface area contributed by atoms with Crippen LogP contribution in [0.4, 0.5) is 9.59 Å². The van der Waals surface area contributed by atoms with Crippen molar-refractivity contribution in [3.63, 3.8) is 0 Å². The van der Waals surface area contributed by atoms with Crippen LogP contribution < -0.4 is 26.6 Å². The average molecular weight is 686 g/mol. The number of amides is 4. The number of hydrogen-bond acceptors (Lipinski definition) is 9. The number of rotatable bonds is 16. The molecule has 2 aromatic rings. The number of hydrogen-bond donors (Lipinski definition) is 7. The number of aliphatic hydroxyl groups is 2. The topological polar surface area (TPSA) is 187 Å². The molecular weight excluding hydrogens is 630 g/mol. The van der Waals surface area contributed by atoms with Crippen molar-refractivity contribution in [2.75, 3.05) is 27.3 Å². The van der Waals surface area contributed by atoms with Gasteiger partial charge in [0.05, 0.1) is 38.5 Å². The Morgan fingerprint density at radius 2 is 0.918 bits per heavy atom. The highest BCUT2D eigenvalue weighted by Crippen LogP contribution is 2.21. The minimum atomic E-state index is -1.10. The number of alkyl carbamates (subject to hydrolysis) is 2. The van der Waals surface area contributed by atoms with Crippen LogP contribution in [0.15, 0.2) is 60.7 Å². The van der Waals surface area contributed by atoms with Crippen LogP contribution in [-0.2, 0) is 31.9 Å². The molecule has 2 rings (SSSR count). The van der Waals surface area contributed by atoms with Crippen molar-refractivity contribution in [3.8, 4) is 0 Å². The molecule has 0 saturated heterocycles. The lowest BCUT2D eigenvalue weighted by atomic mass is 9.85. The zero-order valence-electron chi connectivity index (χ0n) is 29.9. The molecular formula is C36H55N5O8. The fraction of sp³-hybridized carbons (Fsp3) is 0.556. The Morgan fingerprint density at radius 1 is 0.592 bits per heavy atom. The van der Waals surface area contributed by atoms with Crippen molar-refractivity contribution < 1.29 is 38.9 Å². The van der Waals surface area contributed by atoms with Gasteiger partial charge in [-0.15, -0.1) is 0 Å². The molecule has 0 fully saturated rings. The normalized spacial score (nSPS) is 15.4. The van der Waals surface area contributed by atoms with Crippen LogP contribution in [0.5, 0.6) is 0 Å². The standard InChI is InChI=1S/C36H55N5O8/c1-35(2,3)29(40-33(46)48-7)31(44)38-25(19-23-15-11-9-12-16-23)27(42)21-37-22-28(43)26(20-24-17-13-10-14-18-24)39-32(45)30(36(4,5)6)41-34(47)49-8/h9-18,25-30,37,42-43H,19-22H2,1-8H3,(H,38,44)(H,39,45)(H,40,46)(H,41,47)/t25-,26-,27+,28+,29+,30+/m0/s1. The number of carbonyl (C=O) groups is 4. The van der Waals surface area contributed by atoms with Gasteiger partial charge in [-0.2, -0.15) is 0 Å². The number of aliphatic hydroxyl groups excluding tert-OH is 2. The third-order valence-corrected chi connectivity index (χ3v) is 8.04. The van der Waals surface area contributed by atoms with Gasteiger partial charge < -0.3 is 46.3 Å². The summed E-state index contributed by atoms with van der Waals surface area (Å²) in [5.41, 5.74) is 0.415. The van der Waals surface area contributed by atoms with E-state index in [1.807, 2.05) is 60.7 Å². The zero-order chi connectivity index (χ0) is 36.8. The first-order valence-electron chi connectivity index (χ1n) is 16.4. The Bertz CT molecular complexity index is 1230. The highest BCUT2D eigenvalue weighted by molar-refractivity contribution is 5.87. The predicted octanol–water partition coefficient (Wildman–Crippen LogP) is 2.29. The minimum absolute atomic E-state index is 0.0139. The van der Waals surface area contributed by atoms with E-state index in [0.29, 0.717) is 12.8 Å². The molecule has 13 nitrogen and oxygen atoms in total. The highest BCUT2D eigenvalue weighted by atomic mass is 16.5. The predicted molar refractivity (Wildman–Crippen MR) is 187 cm³/mol. The molecule has 49 heavy (non-hydrogen) atoms. The quantitative estimate of drug-likeness (QED) is 0.139. The van der Waals surface area contributed by atoms with Crippen molar-refractivity contribution in [2.24, 2.45) is 10.8 Å². The number of carbonyl (C=O) groups excluding carboxylic acids is 4. The molecule has 0 aliphatic rings. The molecule has 0 unspecified atom stereocenters. The molecule has 2 aromatic carbocycles. The molecule has 0 aliphatic carbocycles. The summed E-state index contributed by atoms with van der Waals surface area (Å²) in [6, 6.07) is 15.3. The lowest BCUT2D eigenvalue weighted by Crippen LogP contribution is -2.59. The second kappa shape index (κ2) is 19.1. The van der Waals surface area contributed by atoms with Gasteiger partial charge in [0, 0.05) is 13.1 Å². The molecule has 6 atom stereocenters. The third kappa shape index (κ3) is 14.1. The second-order valence-electron chi connectivity index (χ2n) is 14.3. The van der Waals surface area contributed by atoms with E-state index in [-0.39, 0.29) is 13.1 Å². The van der Waals surface area contributed by atoms with Gasteiger partial charge in [-0.05, 0) is 34.8 Å². The largest absolute Gasteiger partial charge is 0.453 e. The maximum atomic E-state index is 13.5. The van der Waals surface area contributed by atoms with Crippen LogP contribution in [0.25, 0.3) is 0 Å². The first-order valence-corrected chi connectivity index (χ1v) is 16.4. The molecule has 0 bridgehead atoms. The van der Waals surface area contributed by atoms with Crippen molar-refractivity contribution in [1.82, 2.24) is 26.6 Å². The highest BCUT2D eigenvalue weighted by Gasteiger charge is 2.37. The summed E-state index contributed by atoms with van der Waals surface area (Å²) in [5.74, 6) is -0.977. The Labute approximate surface area is 289 Å².